The highest BCUT2D eigenvalue weighted by molar-refractivity contribution is 7.71. The average molecular weight is 381 g/mol. The fraction of sp³-hybridized carbons (Fsp3) is 0.125. The lowest BCUT2D eigenvalue weighted by Crippen LogP contribution is -2.14. The van der Waals surface area contributed by atoms with Crippen LogP contribution in [0, 0.1) is 4.77 Å². The molecule has 2 aromatic carbocycles. The lowest BCUT2D eigenvalue weighted by atomic mass is 10.2. The van der Waals surface area contributed by atoms with Crippen LogP contribution in [0.25, 0.3) is 0 Å². The van der Waals surface area contributed by atoms with Crippen LogP contribution in [0.3, 0.4) is 0 Å². The van der Waals surface area contributed by atoms with E-state index >= 15 is 0 Å². The second kappa shape index (κ2) is 7.70. The highest BCUT2D eigenvalue weighted by atomic mass is 35.5. The summed E-state index contributed by atoms with van der Waals surface area (Å²) in [6.07, 6.45) is 1.57. The van der Waals surface area contributed by atoms with Gasteiger partial charge in [0.2, 0.25) is 4.77 Å². The number of nitrogens with one attached hydrogen (secondary N) is 2. The fourth-order valence-electron chi connectivity index (χ4n) is 2.10. The molecule has 2 N–H and O–H groups in total. The van der Waals surface area contributed by atoms with Gasteiger partial charge >= 0.3 is 0 Å². The maximum atomic E-state index is 6.10. The topological polar surface area (TPSA) is 54.9 Å². The van der Waals surface area contributed by atoms with Gasteiger partial charge in [0.1, 0.15) is 18.7 Å². The van der Waals surface area contributed by atoms with E-state index in [9.17, 15) is 0 Å². The minimum Gasteiger partial charge on any atom is -0.489 e. The minimum absolute atomic E-state index is 0.441. The first-order valence-corrected chi connectivity index (χ1v) is 8.30. The molecule has 0 amide bonds. The first kappa shape index (κ1) is 16.8. The molecule has 5 nitrogen and oxygen atoms in total. The number of hydrogen-bond acceptors (Lipinski definition) is 4. The molecule has 1 heterocycles. The predicted molar refractivity (Wildman–Crippen MR) is 97.7 cm³/mol. The summed E-state index contributed by atoms with van der Waals surface area (Å²) in [4.78, 5) is 0. The molecule has 0 bridgehead atoms. The van der Waals surface area contributed by atoms with Gasteiger partial charge in [-0.1, -0.05) is 35.3 Å². The van der Waals surface area contributed by atoms with Gasteiger partial charge in [-0.15, -0.1) is 0 Å². The molecule has 0 atom stereocenters. The Morgan fingerprint density at radius 3 is 2.58 bits per heavy atom. The molecule has 0 fully saturated rings. The number of halogens is 2. The lowest BCUT2D eigenvalue weighted by Gasteiger charge is -2.13. The van der Waals surface area contributed by atoms with Crippen molar-refractivity contribution < 1.29 is 4.74 Å². The molecule has 0 spiro atoms. The molecule has 0 aliphatic carbocycles. The van der Waals surface area contributed by atoms with Crippen LogP contribution in [0.4, 0.5) is 0 Å². The molecule has 124 valence electrons. The standard InChI is InChI=1S/C16H14Cl2N4OS/c17-13-3-1-11(2-4-13)9-23-15-6-5-14(18)7-12(15)8-20-22-10-19-21-16(22)24/h1-7,10,20H,8-9H2,(H,21,24). The van der Waals surface area contributed by atoms with E-state index < -0.39 is 0 Å². The highest BCUT2D eigenvalue weighted by Crippen LogP contribution is 2.24. The van der Waals surface area contributed by atoms with Crippen LogP contribution < -0.4 is 10.2 Å². The average Bonchev–Trinajstić information content (AvgIpc) is 2.98. The van der Waals surface area contributed by atoms with Crippen LogP contribution in [0.15, 0.2) is 48.8 Å². The van der Waals surface area contributed by atoms with Gasteiger partial charge in [-0.05, 0) is 48.1 Å². The second-order valence-electron chi connectivity index (χ2n) is 5.03. The van der Waals surface area contributed by atoms with Crippen LogP contribution in [-0.2, 0) is 13.2 Å². The maximum absolute atomic E-state index is 6.10. The Labute approximate surface area is 154 Å². The van der Waals surface area contributed by atoms with Gasteiger partial charge in [-0.2, -0.15) is 5.10 Å². The molecule has 8 heteroatoms. The molecule has 24 heavy (non-hydrogen) atoms. The third kappa shape index (κ3) is 4.29. The van der Waals surface area contributed by atoms with Crippen LogP contribution in [-0.4, -0.2) is 14.9 Å². The van der Waals surface area contributed by atoms with Gasteiger partial charge in [0.05, 0.1) is 6.54 Å². The smallest absolute Gasteiger partial charge is 0.214 e. The lowest BCUT2D eigenvalue weighted by molar-refractivity contribution is 0.303. The van der Waals surface area contributed by atoms with Crippen molar-refractivity contribution >= 4 is 35.4 Å². The Morgan fingerprint density at radius 1 is 1.12 bits per heavy atom. The van der Waals surface area contributed by atoms with Crippen molar-refractivity contribution in [3.63, 3.8) is 0 Å². The first-order valence-electron chi connectivity index (χ1n) is 7.13. The van der Waals surface area contributed by atoms with Gasteiger partial charge in [-0.3, -0.25) is 5.10 Å². The summed E-state index contributed by atoms with van der Waals surface area (Å²) in [5.41, 5.74) is 5.09. The molecule has 0 aliphatic heterocycles. The molecule has 0 saturated carbocycles. The molecule has 1 aromatic heterocycles. The third-order valence-electron chi connectivity index (χ3n) is 3.32. The molecular weight excluding hydrogens is 367 g/mol. The fourth-order valence-corrected chi connectivity index (χ4v) is 2.58. The van der Waals surface area contributed by atoms with Crippen LogP contribution >= 0.6 is 35.4 Å². The largest absolute Gasteiger partial charge is 0.489 e. The summed E-state index contributed by atoms with van der Waals surface area (Å²) in [5, 5.41) is 7.88. The van der Waals surface area contributed by atoms with Gasteiger partial charge in [-0.25, -0.2) is 4.68 Å². The summed E-state index contributed by atoms with van der Waals surface area (Å²) in [7, 11) is 0. The molecule has 3 aromatic rings. The minimum atomic E-state index is 0.441. The SMILES string of the molecule is S=c1[nH]ncn1NCc1cc(Cl)ccc1OCc1ccc(Cl)cc1. The summed E-state index contributed by atoms with van der Waals surface area (Å²) in [6.45, 7) is 0.932. The zero-order valence-corrected chi connectivity index (χ0v) is 14.8. The van der Waals surface area contributed by atoms with Crippen molar-refractivity contribution in [3.05, 3.63) is 74.7 Å². The summed E-state index contributed by atoms with van der Waals surface area (Å²) in [6, 6.07) is 13.0. The Balaban J connectivity index is 1.71. The number of nitrogens with zero attached hydrogens (tertiary/aromatic N) is 2. The van der Waals surface area contributed by atoms with Gasteiger partial charge in [0.25, 0.3) is 0 Å². The quantitative estimate of drug-likeness (QED) is 0.615. The maximum Gasteiger partial charge on any atom is 0.214 e. The molecule has 3 rings (SSSR count). The van der Waals surface area contributed by atoms with Gasteiger partial charge in [0.15, 0.2) is 0 Å². The number of rotatable bonds is 6. The predicted octanol–water partition coefficient (Wildman–Crippen LogP) is 4.57. The Bertz CT molecular complexity index is 876. The normalized spacial score (nSPS) is 10.6. The Hall–Kier alpha value is -2.02. The van der Waals surface area contributed by atoms with Crippen molar-refractivity contribution in [1.29, 1.82) is 0 Å². The number of H-pyrrole nitrogens is 1. The molecule has 0 saturated heterocycles. The van der Waals surface area contributed by atoms with E-state index in [-0.39, 0.29) is 0 Å². The number of benzene rings is 2. The number of hydrogen-bond donors (Lipinski definition) is 2. The van der Waals surface area contributed by atoms with Crippen LogP contribution in [0.1, 0.15) is 11.1 Å². The molecule has 0 radical (unpaired) electrons. The van der Waals surface area contributed by atoms with E-state index in [1.54, 1.807) is 17.1 Å². The summed E-state index contributed by atoms with van der Waals surface area (Å²) in [5.74, 6) is 0.747. The van der Waals surface area contributed by atoms with E-state index in [0.717, 1.165) is 16.9 Å². The molecule has 0 unspecified atom stereocenters. The van der Waals surface area contributed by atoms with Crippen molar-refractivity contribution in [3.8, 4) is 5.75 Å². The zero-order valence-electron chi connectivity index (χ0n) is 12.5. The third-order valence-corrected chi connectivity index (χ3v) is 4.10. The van der Waals surface area contributed by atoms with Gasteiger partial charge in [0, 0.05) is 15.6 Å². The van der Waals surface area contributed by atoms with E-state index in [4.69, 9.17) is 40.2 Å². The van der Waals surface area contributed by atoms with E-state index in [2.05, 4.69) is 15.6 Å². The van der Waals surface area contributed by atoms with E-state index in [0.29, 0.717) is 28.0 Å². The zero-order chi connectivity index (χ0) is 16.9. The second-order valence-corrected chi connectivity index (χ2v) is 6.29. The number of aromatic nitrogens is 3. The summed E-state index contributed by atoms with van der Waals surface area (Å²) < 4.78 is 8.03. The van der Waals surface area contributed by atoms with Crippen LogP contribution in [0.5, 0.6) is 5.75 Å². The number of ether oxygens (including phenoxy) is 1. The van der Waals surface area contributed by atoms with E-state index in [1.807, 2.05) is 36.4 Å². The van der Waals surface area contributed by atoms with Gasteiger partial charge < -0.3 is 10.2 Å². The van der Waals surface area contributed by atoms with Crippen molar-refractivity contribution in [2.45, 2.75) is 13.2 Å². The Morgan fingerprint density at radius 2 is 1.88 bits per heavy atom. The van der Waals surface area contributed by atoms with Crippen LogP contribution in [0.2, 0.25) is 10.0 Å². The first-order chi connectivity index (χ1) is 11.6. The van der Waals surface area contributed by atoms with Crippen molar-refractivity contribution in [2.24, 2.45) is 0 Å². The highest BCUT2D eigenvalue weighted by Gasteiger charge is 2.06. The molecular formula is C16H14Cl2N4OS. The Kier molecular flexibility index (Phi) is 5.40. The van der Waals surface area contributed by atoms with Crippen molar-refractivity contribution in [2.75, 3.05) is 5.43 Å². The number of aromatic amines is 1. The molecule has 0 aliphatic rings. The van der Waals surface area contributed by atoms with E-state index in [1.165, 1.54) is 0 Å². The monoisotopic (exact) mass is 380 g/mol. The van der Waals surface area contributed by atoms with Crippen molar-refractivity contribution in [1.82, 2.24) is 14.9 Å². The summed E-state index contributed by atoms with van der Waals surface area (Å²) >= 11 is 17.1.